The van der Waals surface area contributed by atoms with Crippen molar-refractivity contribution < 1.29 is 39.5 Å². The molecule has 0 aromatic heterocycles. The summed E-state index contributed by atoms with van der Waals surface area (Å²) < 4.78 is 4.22. The van der Waals surface area contributed by atoms with Crippen LogP contribution in [0.2, 0.25) is 0 Å². The number of aliphatic hydroxyl groups is 2. The van der Waals surface area contributed by atoms with Crippen molar-refractivity contribution in [2.45, 2.75) is 24.7 Å². The number of aliphatic hydroxyl groups excluding tert-OH is 2. The van der Waals surface area contributed by atoms with Gasteiger partial charge >= 0.3 is 17.9 Å². The highest BCUT2D eigenvalue weighted by atomic mass is 16.6. The average Bonchev–Trinajstić information content (AvgIpc) is 2.47. The number of carbonyl (C=O) groups is 3. The predicted octanol–water partition coefficient (Wildman–Crippen LogP) is -1.86. The zero-order valence-electron chi connectivity index (χ0n) is 11.2. The molecule has 0 aliphatic carbocycles. The van der Waals surface area contributed by atoms with Gasteiger partial charge in [0.1, 0.15) is 11.8 Å². The number of hydrogen-bond acceptors (Lipinski definition) is 8. The molecular formula is C13H15NO8. The topological polar surface area (TPSA) is 167 Å². The molecule has 22 heavy (non-hydrogen) atoms. The summed E-state index contributed by atoms with van der Waals surface area (Å²) in [4.78, 5) is 33.2. The van der Waals surface area contributed by atoms with Gasteiger partial charge in [0.15, 0.2) is 12.2 Å². The lowest BCUT2D eigenvalue weighted by molar-refractivity contribution is -0.176. The summed E-state index contributed by atoms with van der Waals surface area (Å²) in [6.45, 7) is 0. The molecule has 0 saturated heterocycles. The van der Waals surface area contributed by atoms with Crippen molar-refractivity contribution >= 4 is 17.9 Å². The van der Waals surface area contributed by atoms with Gasteiger partial charge in [0.25, 0.3) is 0 Å². The average molecular weight is 313 g/mol. The van der Waals surface area contributed by atoms with Gasteiger partial charge in [0.2, 0.25) is 0 Å². The van der Waals surface area contributed by atoms with Crippen molar-refractivity contribution in [3.63, 3.8) is 0 Å². The minimum absolute atomic E-state index is 0.00995. The molecule has 0 bridgehead atoms. The number of aromatic hydroxyl groups is 1. The van der Waals surface area contributed by atoms with E-state index in [1.165, 1.54) is 24.3 Å². The normalized spacial score (nSPS) is 14.7. The van der Waals surface area contributed by atoms with E-state index in [1.807, 2.05) is 0 Å². The maximum Gasteiger partial charge on any atom is 0.346 e. The van der Waals surface area contributed by atoms with Crippen LogP contribution in [0.4, 0.5) is 0 Å². The lowest BCUT2D eigenvalue weighted by Crippen LogP contribution is -2.44. The Balaban J connectivity index is 2.58. The third kappa shape index (κ3) is 4.81. The molecule has 0 aliphatic rings. The second-order valence-electron chi connectivity index (χ2n) is 4.45. The molecule has 1 aromatic rings. The van der Waals surface area contributed by atoms with Gasteiger partial charge in [-0.15, -0.1) is 0 Å². The van der Waals surface area contributed by atoms with Gasteiger partial charge in [-0.3, -0.25) is 0 Å². The minimum atomic E-state index is -2.41. The van der Waals surface area contributed by atoms with Gasteiger partial charge in [0, 0.05) is 0 Å². The first-order chi connectivity index (χ1) is 10.2. The van der Waals surface area contributed by atoms with Crippen LogP contribution in [0.5, 0.6) is 5.75 Å². The zero-order valence-corrected chi connectivity index (χ0v) is 11.2. The number of carboxylic acids is 1. The fraction of sp³-hybridized carbons (Fsp3) is 0.308. The first kappa shape index (κ1) is 17.6. The summed E-state index contributed by atoms with van der Waals surface area (Å²) in [5.74, 6) is -4.61. The molecule has 0 fully saturated rings. The standard InChI is InChI=1S/C13H15NO8/c14-8(5-6-1-3-7(15)4-2-6)12(20)22-13(21)10(17)9(16)11(18)19/h1-4,8-10,15-17H,5,14H2,(H,18,19)/t8-,9?,10?/m1/s1. The fourth-order valence-corrected chi connectivity index (χ4v) is 1.47. The van der Waals surface area contributed by atoms with Crippen LogP contribution in [0.3, 0.4) is 0 Å². The molecular weight excluding hydrogens is 298 g/mol. The number of rotatable bonds is 6. The summed E-state index contributed by atoms with van der Waals surface area (Å²) in [7, 11) is 0. The van der Waals surface area contributed by atoms with E-state index >= 15 is 0 Å². The molecule has 1 aromatic carbocycles. The van der Waals surface area contributed by atoms with Crippen molar-refractivity contribution in [2.75, 3.05) is 0 Å². The molecule has 0 amide bonds. The van der Waals surface area contributed by atoms with E-state index in [0.717, 1.165) is 0 Å². The fourth-order valence-electron chi connectivity index (χ4n) is 1.47. The molecule has 0 spiro atoms. The number of nitrogens with two attached hydrogens (primary N) is 1. The van der Waals surface area contributed by atoms with Crippen LogP contribution in [-0.4, -0.2) is 56.6 Å². The number of carbonyl (C=O) groups excluding carboxylic acids is 2. The second kappa shape index (κ2) is 7.50. The zero-order chi connectivity index (χ0) is 16.9. The number of carboxylic acid groups (broad SMARTS) is 1. The molecule has 9 heteroatoms. The highest BCUT2D eigenvalue weighted by Crippen LogP contribution is 2.11. The maximum absolute atomic E-state index is 11.6. The third-order valence-electron chi connectivity index (χ3n) is 2.69. The Bertz CT molecular complexity index is 556. The Kier molecular flexibility index (Phi) is 5.99. The first-order valence-electron chi connectivity index (χ1n) is 6.10. The van der Waals surface area contributed by atoms with Crippen LogP contribution >= 0.6 is 0 Å². The third-order valence-corrected chi connectivity index (χ3v) is 2.69. The SMILES string of the molecule is N[C@H](Cc1ccc(O)cc1)C(=O)OC(=O)C(O)C(O)C(=O)O. The highest BCUT2D eigenvalue weighted by Gasteiger charge is 2.33. The first-order valence-corrected chi connectivity index (χ1v) is 6.10. The highest BCUT2D eigenvalue weighted by molar-refractivity contribution is 5.93. The van der Waals surface area contributed by atoms with Crippen LogP contribution < -0.4 is 5.73 Å². The molecule has 0 heterocycles. The van der Waals surface area contributed by atoms with Gasteiger partial charge < -0.3 is 30.9 Å². The van der Waals surface area contributed by atoms with Crippen molar-refractivity contribution in [1.82, 2.24) is 0 Å². The van der Waals surface area contributed by atoms with Gasteiger partial charge in [-0.2, -0.15) is 0 Å². The van der Waals surface area contributed by atoms with Crippen LogP contribution in [-0.2, 0) is 25.5 Å². The van der Waals surface area contributed by atoms with E-state index < -0.39 is 36.2 Å². The molecule has 6 N–H and O–H groups in total. The molecule has 0 saturated carbocycles. The molecule has 9 nitrogen and oxygen atoms in total. The summed E-state index contributed by atoms with van der Waals surface area (Å²) in [5, 5.41) is 35.7. The van der Waals surface area contributed by atoms with Crippen molar-refractivity contribution in [3.8, 4) is 5.75 Å². The Labute approximate surface area is 124 Å². The Hall–Kier alpha value is -2.49. The molecule has 2 unspecified atom stereocenters. The number of aliphatic carboxylic acids is 1. The van der Waals surface area contributed by atoms with E-state index in [1.54, 1.807) is 0 Å². The lowest BCUT2D eigenvalue weighted by atomic mass is 10.1. The van der Waals surface area contributed by atoms with Gasteiger partial charge in [-0.25, -0.2) is 14.4 Å². The molecule has 120 valence electrons. The Morgan fingerprint density at radius 2 is 1.59 bits per heavy atom. The molecule has 3 atom stereocenters. The van der Waals surface area contributed by atoms with Crippen LogP contribution in [0.15, 0.2) is 24.3 Å². The van der Waals surface area contributed by atoms with Crippen LogP contribution in [0.1, 0.15) is 5.56 Å². The van der Waals surface area contributed by atoms with Crippen molar-refractivity contribution in [2.24, 2.45) is 5.73 Å². The Morgan fingerprint density at radius 3 is 2.09 bits per heavy atom. The number of hydrogen-bond donors (Lipinski definition) is 5. The van der Waals surface area contributed by atoms with E-state index in [2.05, 4.69) is 4.74 Å². The number of esters is 2. The summed E-state index contributed by atoms with van der Waals surface area (Å²) in [6.07, 6.45) is -4.82. The number of ether oxygens (including phenoxy) is 1. The minimum Gasteiger partial charge on any atom is -0.508 e. The second-order valence-corrected chi connectivity index (χ2v) is 4.45. The molecule has 1 rings (SSSR count). The van der Waals surface area contributed by atoms with Crippen molar-refractivity contribution in [1.29, 1.82) is 0 Å². The number of phenols is 1. The van der Waals surface area contributed by atoms with E-state index in [-0.39, 0.29) is 12.2 Å². The van der Waals surface area contributed by atoms with E-state index in [4.69, 9.17) is 21.1 Å². The number of benzene rings is 1. The van der Waals surface area contributed by atoms with E-state index in [9.17, 15) is 19.5 Å². The summed E-state index contributed by atoms with van der Waals surface area (Å²) in [6, 6.07) is 4.53. The smallest absolute Gasteiger partial charge is 0.346 e. The van der Waals surface area contributed by atoms with Crippen molar-refractivity contribution in [3.05, 3.63) is 29.8 Å². The molecule has 0 aliphatic heterocycles. The maximum atomic E-state index is 11.6. The van der Waals surface area contributed by atoms with Crippen LogP contribution in [0.25, 0.3) is 0 Å². The Morgan fingerprint density at radius 1 is 1.05 bits per heavy atom. The summed E-state index contributed by atoms with van der Waals surface area (Å²) >= 11 is 0. The lowest BCUT2D eigenvalue weighted by Gasteiger charge is -2.14. The number of phenolic OH excluding ortho intramolecular Hbond substituents is 1. The predicted molar refractivity (Wildman–Crippen MR) is 70.5 cm³/mol. The van der Waals surface area contributed by atoms with E-state index in [0.29, 0.717) is 5.56 Å². The quantitative estimate of drug-likeness (QED) is 0.298. The van der Waals surface area contributed by atoms with Gasteiger partial charge in [0.05, 0.1) is 0 Å². The van der Waals surface area contributed by atoms with Crippen LogP contribution in [0, 0.1) is 0 Å². The van der Waals surface area contributed by atoms with Gasteiger partial charge in [-0.05, 0) is 24.1 Å². The molecule has 0 radical (unpaired) electrons. The largest absolute Gasteiger partial charge is 0.508 e. The monoisotopic (exact) mass is 313 g/mol. The summed E-state index contributed by atoms with van der Waals surface area (Å²) in [5.41, 5.74) is 6.11. The van der Waals surface area contributed by atoms with Gasteiger partial charge in [-0.1, -0.05) is 12.1 Å².